The molecular formula is C15H13BrFNO3. The molecule has 0 saturated carbocycles. The van der Waals surface area contributed by atoms with Crippen LogP contribution in [0.4, 0.5) is 10.1 Å². The number of nitrogens with two attached hydrogens (primary N) is 1. The summed E-state index contributed by atoms with van der Waals surface area (Å²) < 4.78 is 23.9. The maximum atomic E-state index is 13.3. The lowest BCUT2D eigenvalue weighted by Gasteiger charge is -2.09. The van der Waals surface area contributed by atoms with Crippen molar-refractivity contribution in [3.8, 4) is 5.75 Å². The zero-order valence-corrected chi connectivity index (χ0v) is 12.6. The molecule has 2 aromatic rings. The Hall–Kier alpha value is -2.08. The number of hydrogen-bond acceptors (Lipinski definition) is 4. The van der Waals surface area contributed by atoms with Crippen molar-refractivity contribution in [3.05, 3.63) is 58.3 Å². The quantitative estimate of drug-likeness (QED) is 0.661. The second-order valence-electron chi connectivity index (χ2n) is 4.20. The van der Waals surface area contributed by atoms with Gasteiger partial charge in [0.1, 0.15) is 18.2 Å². The van der Waals surface area contributed by atoms with E-state index in [0.717, 1.165) is 0 Å². The van der Waals surface area contributed by atoms with Gasteiger partial charge in [-0.25, -0.2) is 9.18 Å². The molecule has 0 aliphatic rings. The maximum Gasteiger partial charge on any atom is 0.344 e. The zero-order valence-electron chi connectivity index (χ0n) is 11.0. The summed E-state index contributed by atoms with van der Waals surface area (Å²) >= 11 is 3.10. The molecule has 2 rings (SSSR count). The second kappa shape index (κ2) is 7.08. The highest BCUT2D eigenvalue weighted by molar-refractivity contribution is 9.10. The Morgan fingerprint density at radius 2 is 1.95 bits per heavy atom. The van der Waals surface area contributed by atoms with Crippen molar-refractivity contribution in [1.82, 2.24) is 0 Å². The van der Waals surface area contributed by atoms with Crippen LogP contribution < -0.4 is 10.5 Å². The highest BCUT2D eigenvalue weighted by atomic mass is 79.9. The topological polar surface area (TPSA) is 61.5 Å². The molecule has 6 heteroatoms. The van der Waals surface area contributed by atoms with E-state index in [2.05, 4.69) is 15.9 Å². The first kappa shape index (κ1) is 15.3. The van der Waals surface area contributed by atoms with Crippen molar-refractivity contribution < 1.29 is 18.7 Å². The van der Waals surface area contributed by atoms with E-state index >= 15 is 0 Å². The minimum Gasteiger partial charge on any atom is -0.480 e. The van der Waals surface area contributed by atoms with Gasteiger partial charge >= 0.3 is 5.97 Å². The summed E-state index contributed by atoms with van der Waals surface area (Å²) in [6.45, 7) is -0.300. The van der Waals surface area contributed by atoms with Gasteiger partial charge in [-0.05, 0) is 34.1 Å². The number of esters is 1. The number of rotatable bonds is 5. The second-order valence-corrected chi connectivity index (χ2v) is 4.99. The number of halogens is 2. The van der Waals surface area contributed by atoms with Gasteiger partial charge in [0.2, 0.25) is 0 Å². The lowest BCUT2D eigenvalue weighted by molar-refractivity contribution is -0.147. The van der Waals surface area contributed by atoms with Crippen molar-refractivity contribution in [2.24, 2.45) is 0 Å². The molecular weight excluding hydrogens is 341 g/mol. The summed E-state index contributed by atoms with van der Waals surface area (Å²) in [4.78, 5) is 11.6. The summed E-state index contributed by atoms with van der Waals surface area (Å²) in [5, 5.41) is 0. The predicted molar refractivity (Wildman–Crippen MR) is 80.2 cm³/mol. The average Bonchev–Trinajstić information content (AvgIpc) is 2.48. The fourth-order valence-electron chi connectivity index (χ4n) is 1.61. The van der Waals surface area contributed by atoms with Gasteiger partial charge < -0.3 is 15.2 Å². The molecule has 110 valence electrons. The average molecular weight is 354 g/mol. The molecule has 0 saturated heterocycles. The Labute approximate surface area is 129 Å². The number of carbonyl (C=O) groups excluding carboxylic acids is 1. The van der Waals surface area contributed by atoms with Gasteiger partial charge in [-0.2, -0.15) is 0 Å². The summed E-state index contributed by atoms with van der Waals surface area (Å²) in [6, 6.07) is 11.4. The van der Waals surface area contributed by atoms with Crippen LogP contribution in [0.5, 0.6) is 5.75 Å². The Kier molecular flexibility index (Phi) is 5.16. The molecule has 0 unspecified atom stereocenters. The molecule has 0 aliphatic heterocycles. The molecule has 0 amide bonds. The van der Waals surface area contributed by atoms with Crippen molar-refractivity contribution in [2.45, 2.75) is 6.61 Å². The molecule has 0 bridgehead atoms. The number of hydrogen-bond donors (Lipinski definition) is 1. The van der Waals surface area contributed by atoms with Gasteiger partial charge in [-0.1, -0.05) is 24.3 Å². The Morgan fingerprint density at radius 1 is 1.19 bits per heavy atom. The van der Waals surface area contributed by atoms with E-state index in [0.29, 0.717) is 17.0 Å². The van der Waals surface area contributed by atoms with Crippen LogP contribution in [0.3, 0.4) is 0 Å². The number of carbonyl (C=O) groups is 1. The Morgan fingerprint density at radius 3 is 2.71 bits per heavy atom. The number of anilines is 1. The third-order valence-electron chi connectivity index (χ3n) is 2.68. The summed E-state index contributed by atoms with van der Waals surface area (Å²) in [5.74, 6) is -0.548. The fraction of sp³-hybridized carbons (Fsp3) is 0.133. The lowest BCUT2D eigenvalue weighted by atomic mass is 10.2. The minimum atomic E-state index is -0.561. The van der Waals surface area contributed by atoms with Gasteiger partial charge in [0.15, 0.2) is 6.61 Å². The molecule has 0 atom stereocenters. The molecule has 0 fully saturated rings. The predicted octanol–water partition coefficient (Wildman–Crippen LogP) is 3.29. The zero-order chi connectivity index (χ0) is 15.2. The Bertz CT molecular complexity index is 649. The van der Waals surface area contributed by atoms with Crippen LogP contribution in [0.15, 0.2) is 46.9 Å². The smallest absolute Gasteiger partial charge is 0.344 e. The molecule has 2 aromatic carbocycles. The molecule has 4 nitrogen and oxygen atoms in total. The van der Waals surface area contributed by atoms with Crippen molar-refractivity contribution in [3.63, 3.8) is 0 Å². The van der Waals surface area contributed by atoms with Crippen LogP contribution in [-0.4, -0.2) is 12.6 Å². The van der Waals surface area contributed by atoms with Crippen LogP contribution in [-0.2, 0) is 16.1 Å². The molecule has 0 heterocycles. The van der Waals surface area contributed by atoms with Crippen LogP contribution >= 0.6 is 15.9 Å². The van der Waals surface area contributed by atoms with Crippen LogP contribution in [0.25, 0.3) is 0 Å². The Balaban J connectivity index is 1.85. The minimum absolute atomic E-state index is 0.0369. The fourth-order valence-corrected chi connectivity index (χ4v) is 1.99. The first-order valence-electron chi connectivity index (χ1n) is 6.13. The maximum absolute atomic E-state index is 13.3. The van der Waals surface area contributed by atoms with E-state index in [1.165, 1.54) is 6.07 Å². The van der Waals surface area contributed by atoms with Gasteiger partial charge in [-0.15, -0.1) is 0 Å². The molecule has 0 spiro atoms. The van der Waals surface area contributed by atoms with Gasteiger partial charge in [0.05, 0.1) is 10.2 Å². The van der Waals surface area contributed by atoms with Crippen LogP contribution in [0.1, 0.15) is 5.56 Å². The molecule has 0 radical (unpaired) electrons. The third-order valence-corrected chi connectivity index (χ3v) is 3.57. The van der Waals surface area contributed by atoms with E-state index in [1.807, 2.05) is 0 Å². The molecule has 2 N–H and O–H groups in total. The summed E-state index contributed by atoms with van der Waals surface area (Å²) in [6.07, 6.45) is 0. The van der Waals surface area contributed by atoms with E-state index in [9.17, 15) is 9.18 Å². The van der Waals surface area contributed by atoms with E-state index < -0.39 is 11.8 Å². The molecule has 0 aliphatic carbocycles. The first-order valence-corrected chi connectivity index (χ1v) is 6.93. The summed E-state index contributed by atoms with van der Waals surface area (Å²) in [7, 11) is 0. The number of benzene rings is 2. The highest BCUT2D eigenvalue weighted by Gasteiger charge is 2.09. The number of ether oxygens (including phenoxy) is 2. The monoisotopic (exact) mass is 353 g/mol. The largest absolute Gasteiger partial charge is 0.480 e. The van der Waals surface area contributed by atoms with E-state index in [4.69, 9.17) is 15.2 Å². The van der Waals surface area contributed by atoms with Crippen molar-refractivity contribution in [2.75, 3.05) is 12.3 Å². The normalized spacial score (nSPS) is 10.2. The standard InChI is InChI=1S/C15H13BrFNO3/c16-15-10(4-3-5-11(15)17)8-21-14(19)9-20-13-7-2-1-6-12(13)18/h1-7H,8-9,18H2. The van der Waals surface area contributed by atoms with Gasteiger partial charge in [0.25, 0.3) is 0 Å². The number of nitrogen functional groups attached to an aromatic ring is 1. The van der Waals surface area contributed by atoms with Crippen molar-refractivity contribution >= 4 is 27.6 Å². The molecule has 0 aromatic heterocycles. The van der Waals surface area contributed by atoms with Crippen molar-refractivity contribution in [1.29, 1.82) is 0 Å². The molecule has 21 heavy (non-hydrogen) atoms. The highest BCUT2D eigenvalue weighted by Crippen LogP contribution is 2.21. The van der Waals surface area contributed by atoms with Gasteiger partial charge in [-0.3, -0.25) is 0 Å². The third kappa shape index (κ3) is 4.19. The van der Waals surface area contributed by atoms with E-state index in [-0.39, 0.29) is 17.7 Å². The lowest BCUT2D eigenvalue weighted by Crippen LogP contribution is -2.15. The van der Waals surface area contributed by atoms with Gasteiger partial charge in [0, 0.05) is 5.56 Å². The number of para-hydroxylation sites is 2. The SMILES string of the molecule is Nc1ccccc1OCC(=O)OCc1cccc(F)c1Br. The van der Waals surface area contributed by atoms with Crippen LogP contribution in [0, 0.1) is 5.82 Å². The van der Waals surface area contributed by atoms with Crippen LogP contribution in [0.2, 0.25) is 0 Å². The summed E-state index contributed by atoms with van der Waals surface area (Å²) in [5.41, 5.74) is 6.67. The first-order chi connectivity index (χ1) is 10.1. The van der Waals surface area contributed by atoms with E-state index in [1.54, 1.807) is 36.4 Å².